The van der Waals surface area contributed by atoms with Crippen molar-refractivity contribution in [1.29, 1.82) is 5.26 Å². The van der Waals surface area contributed by atoms with Gasteiger partial charge in [-0.15, -0.1) is 0 Å². The number of piperidine rings is 1. The predicted molar refractivity (Wildman–Crippen MR) is 148 cm³/mol. The number of carbonyl (C=O) groups is 2. The van der Waals surface area contributed by atoms with Crippen LogP contribution < -0.4 is 10.5 Å². The molecule has 2 amide bonds. The van der Waals surface area contributed by atoms with Gasteiger partial charge in [0.1, 0.15) is 11.9 Å². The maximum absolute atomic E-state index is 14.9. The van der Waals surface area contributed by atoms with Gasteiger partial charge in [-0.2, -0.15) is 5.26 Å². The van der Waals surface area contributed by atoms with E-state index in [1.807, 2.05) is 26.8 Å². The van der Waals surface area contributed by atoms with E-state index in [9.17, 15) is 14.0 Å². The summed E-state index contributed by atoms with van der Waals surface area (Å²) in [5, 5.41) is 9.05. The monoisotopic (exact) mass is 551 g/mol. The molecule has 2 N–H and O–H groups in total. The largest absolute Gasteiger partial charge is 0.474 e. The highest BCUT2D eigenvalue weighted by molar-refractivity contribution is 5.82. The second kappa shape index (κ2) is 13.1. The summed E-state index contributed by atoms with van der Waals surface area (Å²) in [6.07, 6.45) is 3.55. The quantitative estimate of drug-likeness (QED) is 0.523. The third-order valence-corrected chi connectivity index (χ3v) is 7.67. The number of nitriles is 1. The zero-order valence-electron chi connectivity index (χ0n) is 23.4. The highest BCUT2D eigenvalue weighted by Gasteiger charge is 2.30. The number of halogens is 1. The minimum atomic E-state index is -0.862. The number of nitrogens with zero attached hydrogens (tertiary/aromatic N) is 4. The molecule has 4 rings (SSSR count). The van der Waals surface area contributed by atoms with Crippen molar-refractivity contribution >= 4 is 12.0 Å². The lowest BCUT2D eigenvalue weighted by molar-refractivity contribution is -0.131. The van der Waals surface area contributed by atoms with Gasteiger partial charge in [-0.3, -0.25) is 4.79 Å². The summed E-state index contributed by atoms with van der Waals surface area (Å²) in [5.74, 6) is -0.0762. The molecule has 1 aromatic heterocycles. The van der Waals surface area contributed by atoms with Gasteiger partial charge in [-0.1, -0.05) is 12.1 Å². The molecule has 10 heteroatoms. The molecular formula is C30H38FN5O4. The first-order chi connectivity index (χ1) is 19.1. The van der Waals surface area contributed by atoms with Crippen molar-refractivity contribution in [3.05, 3.63) is 47.9 Å². The smallest absolute Gasteiger partial charge is 0.410 e. The minimum absolute atomic E-state index is 0.0726. The molecule has 214 valence electrons. The number of aromatic nitrogens is 1. The molecule has 0 spiro atoms. The van der Waals surface area contributed by atoms with Gasteiger partial charge < -0.3 is 25.0 Å². The molecule has 40 heavy (non-hydrogen) atoms. The third-order valence-electron chi connectivity index (χ3n) is 7.67. The summed E-state index contributed by atoms with van der Waals surface area (Å²) in [4.78, 5) is 32.5. The Hall–Kier alpha value is -3.71. The topological polar surface area (TPSA) is 122 Å². The second-order valence-corrected chi connectivity index (χ2v) is 11.0. The summed E-state index contributed by atoms with van der Waals surface area (Å²) >= 11 is 0. The van der Waals surface area contributed by atoms with E-state index in [0.717, 1.165) is 18.4 Å². The fourth-order valence-corrected chi connectivity index (χ4v) is 5.25. The van der Waals surface area contributed by atoms with E-state index in [4.69, 9.17) is 20.5 Å². The Morgan fingerprint density at radius 2 is 1.80 bits per heavy atom. The van der Waals surface area contributed by atoms with Crippen LogP contribution in [-0.4, -0.2) is 71.2 Å². The van der Waals surface area contributed by atoms with E-state index in [-0.39, 0.29) is 36.5 Å². The Balaban J connectivity index is 1.29. The van der Waals surface area contributed by atoms with Crippen LogP contribution in [0.25, 0.3) is 11.1 Å². The van der Waals surface area contributed by atoms with Crippen LogP contribution in [0.15, 0.2) is 36.5 Å². The Labute approximate surface area is 235 Å². The number of likely N-dealkylation sites (tertiary alicyclic amines) is 2. The van der Waals surface area contributed by atoms with E-state index < -0.39 is 11.9 Å². The first kappa shape index (κ1) is 29.3. The number of hydrogen-bond acceptors (Lipinski definition) is 7. The summed E-state index contributed by atoms with van der Waals surface area (Å²) in [5.41, 5.74) is 7.86. The Bertz CT molecular complexity index is 1220. The van der Waals surface area contributed by atoms with Crippen LogP contribution in [0.2, 0.25) is 0 Å². The van der Waals surface area contributed by atoms with E-state index >= 15 is 0 Å². The number of benzene rings is 1. The van der Waals surface area contributed by atoms with Crippen LogP contribution in [0.1, 0.15) is 45.6 Å². The van der Waals surface area contributed by atoms with Crippen molar-refractivity contribution in [1.82, 2.24) is 14.8 Å². The van der Waals surface area contributed by atoms with Crippen molar-refractivity contribution in [3.8, 4) is 23.1 Å². The molecule has 2 aliphatic rings. The zero-order valence-corrected chi connectivity index (χ0v) is 23.4. The number of pyridine rings is 1. The van der Waals surface area contributed by atoms with Gasteiger partial charge in [0, 0.05) is 44.0 Å². The number of carbonyl (C=O) groups excluding carboxylic acids is 2. The van der Waals surface area contributed by atoms with Crippen LogP contribution >= 0.6 is 0 Å². The molecule has 0 aliphatic carbocycles. The van der Waals surface area contributed by atoms with Gasteiger partial charge in [0.15, 0.2) is 0 Å². The normalized spacial score (nSPS) is 19.3. The molecule has 3 heterocycles. The van der Waals surface area contributed by atoms with Crippen LogP contribution in [0.4, 0.5) is 9.18 Å². The van der Waals surface area contributed by atoms with Crippen LogP contribution in [0.5, 0.6) is 5.88 Å². The lowest BCUT2D eigenvalue weighted by Gasteiger charge is -2.34. The molecule has 3 atom stereocenters. The molecule has 0 bridgehead atoms. The molecular weight excluding hydrogens is 513 g/mol. The number of hydrogen-bond donors (Lipinski definition) is 1. The van der Waals surface area contributed by atoms with Gasteiger partial charge in [0.2, 0.25) is 11.8 Å². The van der Waals surface area contributed by atoms with Gasteiger partial charge in [-0.25, -0.2) is 14.2 Å². The summed E-state index contributed by atoms with van der Waals surface area (Å²) in [7, 11) is 0. The molecule has 2 aromatic rings. The summed E-state index contributed by atoms with van der Waals surface area (Å²) < 4.78 is 26.3. The van der Waals surface area contributed by atoms with Crippen LogP contribution in [-0.2, 0) is 16.0 Å². The average Bonchev–Trinajstić information content (AvgIpc) is 3.43. The molecule has 2 saturated heterocycles. The second-order valence-electron chi connectivity index (χ2n) is 11.0. The Kier molecular flexibility index (Phi) is 9.58. The Morgan fingerprint density at radius 1 is 1.10 bits per heavy atom. The van der Waals surface area contributed by atoms with Crippen LogP contribution in [0, 0.1) is 29.0 Å². The lowest BCUT2D eigenvalue weighted by atomic mass is 9.92. The highest BCUT2D eigenvalue weighted by atomic mass is 19.1. The van der Waals surface area contributed by atoms with Crippen molar-refractivity contribution < 1.29 is 23.5 Å². The molecule has 0 saturated carbocycles. The number of nitrogens with two attached hydrogens (primary N) is 1. The van der Waals surface area contributed by atoms with Gasteiger partial charge >= 0.3 is 6.09 Å². The molecule has 1 aromatic carbocycles. The van der Waals surface area contributed by atoms with Crippen molar-refractivity contribution in [3.63, 3.8) is 0 Å². The minimum Gasteiger partial charge on any atom is -0.474 e. The molecule has 2 fully saturated rings. The van der Waals surface area contributed by atoms with Gasteiger partial charge in [-0.05, 0) is 75.6 Å². The number of ether oxygens (including phenoxy) is 2. The van der Waals surface area contributed by atoms with Crippen molar-refractivity contribution in [2.45, 2.75) is 64.7 Å². The first-order valence-corrected chi connectivity index (χ1v) is 14.0. The van der Waals surface area contributed by atoms with Crippen LogP contribution in [0.3, 0.4) is 0 Å². The number of amides is 2. The molecule has 0 radical (unpaired) electrons. The maximum Gasteiger partial charge on any atom is 0.410 e. The fourth-order valence-electron chi connectivity index (χ4n) is 5.25. The van der Waals surface area contributed by atoms with Gasteiger partial charge in [0.25, 0.3) is 0 Å². The van der Waals surface area contributed by atoms with Crippen molar-refractivity contribution in [2.75, 3.05) is 26.2 Å². The molecule has 2 aliphatic heterocycles. The standard InChI is InChI=1S/C30H38FN5O4/c1-19(2)39-30(38)35-12-9-22(10-13-35)20(3)40-28-7-6-25(17-34-28)23-4-5-24(26(31)14-23)15-27(33)29(37)36-11-8-21(16-32)18-36/h4-7,14,17,19-22,27H,8-13,15,18,33H2,1-3H3/t20-,21-,27-/m0/s1. The van der Waals surface area contributed by atoms with Gasteiger partial charge in [0.05, 0.1) is 24.1 Å². The highest BCUT2D eigenvalue weighted by Crippen LogP contribution is 2.27. The SMILES string of the molecule is CC(C)OC(=O)N1CCC([C@H](C)Oc2ccc(-c3ccc(C[C@H](N)C(=O)N4CC[C@@H](C#N)C4)c(F)c3)cn2)CC1. The first-order valence-electron chi connectivity index (χ1n) is 14.0. The van der Waals surface area contributed by atoms with Crippen molar-refractivity contribution in [2.24, 2.45) is 17.6 Å². The zero-order chi connectivity index (χ0) is 28.8. The number of rotatable bonds is 8. The summed E-state index contributed by atoms with van der Waals surface area (Å²) in [6, 6.07) is 9.78. The molecule has 9 nitrogen and oxygen atoms in total. The Morgan fingerprint density at radius 3 is 2.40 bits per heavy atom. The van der Waals surface area contributed by atoms with E-state index in [1.54, 1.807) is 34.2 Å². The van der Waals surface area contributed by atoms with E-state index in [2.05, 4.69) is 11.1 Å². The lowest BCUT2D eigenvalue weighted by Crippen LogP contribution is -2.44. The van der Waals surface area contributed by atoms with E-state index in [0.29, 0.717) is 55.5 Å². The molecule has 0 unspecified atom stereocenters. The predicted octanol–water partition coefficient (Wildman–Crippen LogP) is 4.15. The summed E-state index contributed by atoms with van der Waals surface area (Å²) in [6.45, 7) is 7.85. The third kappa shape index (κ3) is 7.27. The average molecular weight is 552 g/mol. The maximum atomic E-state index is 14.9. The fraction of sp³-hybridized carbons (Fsp3) is 0.533. The van der Waals surface area contributed by atoms with E-state index in [1.165, 1.54) is 6.07 Å².